The molecule has 0 bridgehead atoms. The van der Waals surface area contributed by atoms with Crippen LogP contribution in [0.2, 0.25) is 0 Å². The van der Waals surface area contributed by atoms with Gasteiger partial charge >= 0.3 is 0 Å². The molecule has 0 aliphatic heterocycles. The monoisotopic (exact) mass is 70.1 g/mol. The van der Waals surface area contributed by atoms with Gasteiger partial charge in [-0.3, -0.25) is 0 Å². The first kappa shape index (κ1) is 3.20. The summed E-state index contributed by atoms with van der Waals surface area (Å²) in [6.45, 7) is 4.59. The smallest absolute Gasteiger partial charge is 0.0414 e. The predicted octanol–water partition coefficient (Wildman–Crippen LogP) is 1.66. The Morgan fingerprint density at radius 2 is 1.40 bits per heavy atom. The van der Waals surface area contributed by atoms with Crippen LogP contribution in [0.3, 0.4) is 0 Å². The maximum atomic E-state index is 2.30. The molecule has 0 aromatic heterocycles. The van der Waals surface area contributed by atoms with Crippen molar-refractivity contribution in [3.8, 4) is 0 Å². The summed E-state index contributed by atoms with van der Waals surface area (Å²) >= 11 is 0. The first-order chi connectivity index (χ1) is 2.30. The lowest BCUT2D eigenvalue weighted by Gasteiger charge is -1.66. The molecule has 1 aliphatic rings. The highest BCUT2D eigenvalue weighted by Gasteiger charge is 2.26. The summed E-state index contributed by atoms with van der Waals surface area (Å²) in [6, 6.07) is 0. The second-order valence-electron chi connectivity index (χ2n) is 2.19. The minimum atomic E-state index is 1.05. The Morgan fingerprint density at radius 1 is 1.20 bits per heavy atom. The minimum absolute atomic E-state index is 1.05. The van der Waals surface area contributed by atoms with Crippen molar-refractivity contribution in [2.45, 2.75) is 20.3 Å². The van der Waals surface area contributed by atoms with Gasteiger partial charge in [0.1, 0.15) is 0 Å². The highest BCUT2D eigenvalue weighted by molar-refractivity contribution is 4.76. The van der Waals surface area contributed by atoms with Crippen LogP contribution >= 0.6 is 0 Å². The molecule has 5 heavy (non-hydrogen) atoms. The molecule has 0 saturated heterocycles. The first-order valence-corrected chi connectivity index (χ1v) is 2.30. The third kappa shape index (κ3) is 0.444. The first-order valence-electron chi connectivity index (χ1n) is 2.30. The molecule has 1 rings (SSSR count). The van der Waals surface area contributed by atoms with Gasteiger partial charge in [0.2, 0.25) is 0 Å². The fourth-order valence-corrected chi connectivity index (χ4v) is 0.508. The van der Waals surface area contributed by atoms with Gasteiger partial charge in [0.05, 0.1) is 0 Å². The quantitative estimate of drug-likeness (QED) is 0.406. The van der Waals surface area contributed by atoms with Crippen LogP contribution in [0.4, 0.5) is 0 Å². The van der Waals surface area contributed by atoms with Gasteiger partial charge in [-0.05, 0) is 18.3 Å². The Hall–Kier alpha value is 0. The topological polar surface area (TPSA) is 0 Å². The second kappa shape index (κ2) is 0.735. The van der Waals surface area contributed by atoms with E-state index in [2.05, 4.69) is 13.8 Å². The summed E-state index contributed by atoms with van der Waals surface area (Å²) in [4.78, 5) is 0. The van der Waals surface area contributed by atoms with E-state index < -0.39 is 0 Å². The van der Waals surface area contributed by atoms with Gasteiger partial charge in [0.15, 0.2) is 0 Å². The summed E-state index contributed by atoms with van der Waals surface area (Å²) in [7, 11) is 0. The van der Waals surface area contributed by atoms with Crippen molar-refractivity contribution in [2.75, 3.05) is 0 Å². The Morgan fingerprint density at radius 3 is 1.40 bits per heavy atom. The molecule has 0 amide bonds. The molecule has 1 fully saturated rings. The maximum absolute atomic E-state index is 2.30. The summed E-state index contributed by atoms with van der Waals surface area (Å²) in [5, 5.41) is 0. The molecular weight excluding hydrogens is 60.1 g/mol. The highest BCUT2D eigenvalue weighted by atomic mass is 14.3. The zero-order chi connectivity index (χ0) is 3.86. The lowest BCUT2D eigenvalue weighted by molar-refractivity contribution is 0.834. The number of hydrogen-bond acceptors (Lipinski definition) is 0. The summed E-state index contributed by atoms with van der Waals surface area (Å²) < 4.78 is 0. The van der Waals surface area contributed by atoms with Crippen molar-refractivity contribution in [3.63, 3.8) is 0 Å². The molecule has 1 aliphatic carbocycles. The molecule has 2 atom stereocenters. The highest BCUT2D eigenvalue weighted by Crippen LogP contribution is 2.36. The van der Waals surface area contributed by atoms with Crippen molar-refractivity contribution in [2.24, 2.45) is 11.8 Å². The summed E-state index contributed by atoms with van der Waals surface area (Å²) in [5.74, 6) is 2.10. The molecule has 0 unspecified atom stereocenters. The number of rotatable bonds is 0. The van der Waals surface area contributed by atoms with E-state index in [-0.39, 0.29) is 0 Å². The molecule has 30 valence electrons. The summed E-state index contributed by atoms with van der Waals surface area (Å²) in [5.41, 5.74) is 0. The molecule has 1 saturated carbocycles. The molecule has 0 heterocycles. The molecule has 0 nitrogen and oxygen atoms in total. The van der Waals surface area contributed by atoms with Crippen LogP contribution in [0.1, 0.15) is 20.3 Å². The molecule has 0 heteroatoms. The van der Waals surface area contributed by atoms with Crippen LogP contribution in [0, 0.1) is 11.8 Å². The minimum Gasteiger partial charge on any atom is -0.0622 e. The van der Waals surface area contributed by atoms with E-state index in [9.17, 15) is 0 Å². The van der Waals surface area contributed by atoms with Gasteiger partial charge in [-0.25, -0.2) is 0 Å². The van der Waals surface area contributed by atoms with Crippen LogP contribution < -0.4 is 0 Å². The van der Waals surface area contributed by atoms with E-state index in [1.807, 2.05) is 0 Å². The van der Waals surface area contributed by atoms with Crippen LogP contribution in [-0.2, 0) is 0 Å². The van der Waals surface area contributed by atoms with Gasteiger partial charge in [-0.1, -0.05) is 13.8 Å². The standard InChI is InChI=1S/C5H10/c1-4-3-5(4)2/h4-5H,3H2,1-2H3/t4-,5-/m1/s1. The third-order valence-electron chi connectivity index (χ3n) is 1.51. The van der Waals surface area contributed by atoms with E-state index in [4.69, 9.17) is 0 Å². The molecule has 0 aromatic carbocycles. The van der Waals surface area contributed by atoms with Crippen molar-refractivity contribution in [1.29, 1.82) is 0 Å². The van der Waals surface area contributed by atoms with E-state index in [1.54, 1.807) is 0 Å². The summed E-state index contributed by atoms with van der Waals surface area (Å²) in [6.07, 6.45) is 1.47. The molecule has 0 aromatic rings. The van der Waals surface area contributed by atoms with Crippen molar-refractivity contribution in [3.05, 3.63) is 0 Å². The predicted molar refractivity (Wildman–Crippen MR) is 22.9 cm³/mol. The Bertz CT molecular complexity index is 33.3. The van der Waals surface area contributed by atoms with Gasteiger partial charge < -0.3 is 0 Å². The molecule has 0 radical (unpaired) electrons. The lowest BCUT2D eigenvalue weighted by atomic mass is 10.4. The van der Waals surface area contributed by atoms with Gasteiger partial charge in [0.25, 0.3) is 0 Å². The van der Waals surface area contributed by atoms with Crippen LogP contribution in [0.15, 0.2) is 0 Å². The maximum Gasteiger partial charge on any atom is -0.0414 e. The lowest BCUT2D eigenvalue weighted by Crippen LogP contribution is -1.58. The van der Waals surface area contributed by atoms with Crippen molar-refractivity contribution < 1.29 is 0 Å². The Labute approximate surface area is 33.2 Å². The van der Waals surface area contributed by atoms with Crippen LogP contribution in [-0.4, -0.2) is 0 Å². The Balaban J connectivity index is 2.20. The van der Waals surface area contributed by atoms with E-state index >= 15 is 0 Å². The van der Waals surface area contributed by atoms with Gasteiger partial charge in [-0.2, -0.15) is 0 Å². The second-order valence-corrected chi connectivity index (χ2v) is 2.19. The van der Waals surface area contributed by atoms with Gasteiger partial charge in [-0.15, -0.1) is 0 Å². The average Bonchev–Trinajstić information content (AvgIpc) is 1.79. The largest absolute Gasteiger partial charge is 0.0622 e. The van der Waals surface area contributed by atoms with Crippen molar-refractivity contribution >= 4 is 0 Å². The SMILES string of the molecule is C[C@@H]1C[C@H]1C. The van der Waals surface area contributed by atoms with E-state index in [0.717, 1.165) is 11.8 Å². The van der Waals surface area contributed by atoms with Crippen molar-refractivity contribution in [1.82, 2.24) is 0 Å². The zero-order valence-electron chi connectivity index (χ0n) is 3.86. The molecule has 0 N–H and O–H groups in total. The van der Waals surface area contributed by atoms with Gasteiger partial charge in [0, 0.05) is 0 Å². The number of hydrogen-bond donors (Lipinski definition) is 0. The average molecular weight is 70.1 g/mol. The Kier molecular flexibility index (Phi) is 0.470. The third-order valence-corrected chi connectivity index (χ3v) is 1.51. The van der Waals surface area contributed by atoms with Crippen LogP contribution in [0.5, 0.6) is 0 Å². The molecular formula is C5H10. The normalized spacial score (nSPS) is 49.2. The molecule has 0 spiro atoms. The zero-order valence-corrected chi connectivity index (χ0v) is 3.86. The fourth-order valence-electron chi connectivity index (χ4n) is 0.508. The van der Waals surface area contributed by atoms with E-state index in [0.29, 0.717) is 0 Å². The fraction of sp³-hybridized carbons (Fsp3) is 1.00. The van der Waals surface area contributed by atoms with Crippen LogP contribution in [0.25, 0.3) is 0 Å². The van der Waals surface area contributed by atoms with E-state index in [1.165, 1.54) is 6.42 Å².